The van der Waals surface area contributed by atoms with Crippen molar-refractivity contribution in [2.24, 2.45) is 0 Å². The highest BCUT2D eigenvalue weighted by molar-refractivity contribution is 9.10. The Hall–Kier alpha value is -1.09. The second-order valence-electron chi connectivity index (χ2n) is 3.89. The molecule has 0 heterocycles. The van der Waals surface area contributed by atoms with E-state index in [1.165, 1.54) is 0 Å². The minimum Gasteiger partial charge on any atom is -0.383 e. The fraction of sp³-hybridized carbons (Fsp3) is 0.0667. The van der Waals surface area contributed by atoms with Gasteiger partial charge in [-0.2, -0.15) is 0 Å². The first-order valence-electron chi connectivity index (χ1n) is 5.52. The van der Waals surface area contributed by atoms with Gasteiger partial charge >= 0.3 is 0 Å². The van der Waals surface area contributed by atoms with Gasteiger partial charge in [-0.05, 0) is 29.3 Å². The summed E-state index contributed by atoms with van der Waals surface area (Å²) in [5.41, 5.74) is 1.74. The molecule has 0 aromatic heterocycles. The molecule has 1 atom stereocenters. The van der Waals surface area contributed by atoms with E-state index in [1.54, 1.807) is 6.08 Å². The number of aliphatic hydroxyl groups is 1. The molecule has 2 aromatic carbocycles. The Morgan fingerprint density at radius 1 is 1.06 bits per heavy atom. The van der Waals surface area contributed by atoms with E-state index in [1.807, 2.05) is 54.6 Å². The second-order valence-corrected chi connectivity index (χ2v) is 5.25. The van der Waals surface area contributed by atoms with Crippen LogP contribution in [-0.4, -0.2) is 5.11 Å². The summed E-state index contributed by atoms with van der Waals surface area (Å²) in [4.78, 5) is 0. The van der Waals surface area contributed by atoms with Gasteiger partial charge in [0.25, 0.3) is 0 Å². The van der Waals surface area contributed by atoms with Crippen LogP contribution >= 0.6 is 27.5 Å². The van der Waals surface area contributed by atoms with Crippen LogP contribution < -0.4 is 0 Å². The summed E-state index contributed by atoms with van der Waals surface area (Å²) in [5, 5.41) is 10.5. The molecule has 2 aromatic rings. The summed E-state index contributed by atoms with van der Waals surface area (Å²) in [5.74, 6) is 0. The summed E-state index contributed by atoms with van der Waals surface area (Å²) in [6.07, 6.45) is 0.980. The van der Waals surface area contributed by atoms with E-state index in [2.05, 4.69) is 15.9 Å². The number of hydrogen-bond acceptors (Lipinski definition) is 1. The zero-order valence-corrected chi connectivity index (χ0v) is 11.9. The smallest absolute Gasteiger partial charge is 0.115 e. The van der Waals surface area contributed by atoms with Gasteiger partial charge in [0, 0.05) is 4.47 Å². The van der Waals surface area contributed by atoms with Crippen LogP contribution in [-0.2, 0) is 0 Å². The van der Waals surface area contributed by atoms with Gasteiger partial charge in [0.2, 0.25) is 0 Å². The third kappa shape index (κ3) is 3.45. The average molecular weight is 324 g/mol. The van der Waals surface area contributed by atoms with Gasteiger partial charge in [-0.1, -0.05) is 70.0 Å². The highest BCUT2D eigenvalue weighted by Gasteiger charge is 2.11. The van der Waals surface area contributed by atoms with Crippen LogP contribution in [0.5, 0.6) is 0 Å². The van der Waals surface area contributed by atoms with Crippen molar-refractivity contribution in [1.29, 1.82) is 0 Å². The molecule has 18 heavy (non-hydrogen) atoms. The number of aliphatic hydroxyl groups excluding tert-OH is 1. The minimum atomic E-state index is -0.792. The number of hydrogen-bond donors (Lipinski definition) is 1. The van der Waals surface area contributed by atoms with Gasteiger partial charge in [-0.15, -0.1) is 0 Å². The second kappa shape index (κ2) is 6.19. The Kier molecular flexibility index (Phi) is 4.59. The molecule has 1 unspecified atom stereocenters. The molecule has 0 amide bonds. The SMILES string of the molecule is OC(/C(Cl)=C/c1ccccc1)c1ccc(Br)cc1. The number of benzene rings is 2. The van der Waals surface area contributed by atoms with E-state index in [4.69, 9.17) is 11.6 Å². The third-order valence-corrected chi connectivity index (χ3v) is 3.40. The standard InChI is InChI=1S/C15H12BrClO/c16-13-8-6-12(7-9-13)15(18)14(17)10-11-4-2-1-3-5-11/h1-10,15,18H/b14-10-. The maximum absolute atomic E-state index is 10.1. The van der Waals surface area contributed by atoms with Gasteiger partial charge in [0.1, 0.15) is 6.10 Å². The molecule has 0 bridgehead atoms. The van der Waals surface area contributed by atoms with Crippen molar-refractivity contribution < 1.29 is 5.11 Å². The Bertz CT molecular complexity index is 534. The van der Waals surface area contributed by atoms with Gasteiger partial charge in [-0.3, -0.25) is 0 Å². The van der Waals surface area contributed by atoms with Crippen LogP contribution in [0, 0.1) is 0 Å². The molecular weight excluding hydrogens is 312 g/mol. The molecule has 2 rings (SSSR count). The molecule has 0 aliphatic heterocycles. The molecular formula is C15H12BrClO. The van der Waals surface area contributed by atoms with Gasteiger partial charge < -0.3 is 5.11 Å². The minimum absolute atomic E-state index is 0.406. The first kappa shape index (κ1) is 13.3. The van der Waals surface area contributed by atoms with E-state index < -0.39 is 6.10 Å². The summed E-state index contributed by atoms with van der Waals surface area (Å²) < 4.78 is 0.974. The summed E-state index contributed by atoms with van der Waals surface area (Å²) in [6, 6.07) is 17.1. The summed E-state index contributed by atoms with van der Waals surface area (Å²) in [6.45, 7) is 0. The number of halogens is 2. The van der Waals surface area contributed by atoms with Crippen molar-refractivity contribution in [3.8, 4) is 0 Å². The summed E-state index contributed by atoms with van der Waals surface area (Å²) in [7, 11) is 0. The zero-order chi connectivity index (χ0) is 13.0. The van der Waals surface area contributed by atoms with Crippen molar-refractivity contribution in [1.82, 2.24) is 0 Å². The fourth-order valence-electron chi connectivity index (χ4n) is 1.59. The van der Waals surface area contributed by atoms with Gasteiger partial charge in [-0.25, -0.2) is 0 Å². The average Bonchev–Trinajstić information content (AvgIpc) is 2.40. The Balaban J connectivity index is 2.21. The zero-order valence-electron chi connectivity index (χ0n) is 9.55. The van der Waals surface area contributed by atoms with Crippen molar-refractivity contribution in [2.75, 3.05) is 0 Å². The fourth-order valence-corrected chi connectivity index (χ4v) is 2.11. The van der Waals surface area contributed by atoms with Gasteiger partial charge in [0.15, 0.2) is 0 Å². The van der Waals surface area contributed by atoms with Crippen molar-refractivity contribution in [2.45, 2.75) is 6.10 Å². The van der Waals surface area contributed by atoms with Crippen LogP contribution in [0.25, 0.3) is 6.08 Å². The lowest BCUT2D eigenvalue weighted by Gasteiger charge is -2.10. The van der Waals surface area contributed by atoms with Crippen molar-refractivity contribution in [3.63, 3.8) is 0 Å². The van der Waals surface area contributed by atoms with E-state index in [0.29, 0.717) is 5.03 Å². The van der Waals surface area contributed by atoms with Gasteiger partial charge in [0.05, 0.1) is 5.03 Å². The lowest BCUT2D eigenvalue weighted by atomic mass is 10.1. The molecule has 0 radical (unpaired) electrons. The van der Waals surface area contributed by atoms with E-state index in [0.717, 1.165) is 15.6 Å². The topological polar surface area (TPSA) is 20.2 Å². The van der Waals surface area contributed by atoms with Crippen LogP contribution in [0.2, 0.25) is 0 Å². The van der Waals surface area contributed by atoms with Crippen LogP contribution in [0.1, 0.15) is 17.2 Å². The lowest BCUT2D eigenvalue weighted by molar-refractivity contribution is 0.225. The molecule has 1 N–H and O–H groups in total. The monoisotopic (exact) mass is 322 g/mol. The lowest BCUT2D eigenvalue weighted by Crippen LogP contribution is -1.96. The quantitative estimate of drug-likeness (QED) is 0.863. The largest absolute Gasteiger partial charge is 0.383 e. The third-order valence-electron chi connectivity index (χ3n) is 2.55. The van der Waals surface area contributed by atoms with Crippen LogP contribution in [0.15, 0.2) is 64.1 Å². The molecule has 0 aliphatic carbocycles. The highest BCUT2D eigenvalue weighted by atomic mass is 79.9. The molecule has 1 nitrogen and oxygen atoms in total. The van der Waals surface area contributed by atoms with E-state index in [-0.39, 0.29) is 0 Å². The van der Waals surface area contributed by atoms with Crippen molar-refractivity contribution >= 4 is 33.6 Å². The molecule has 92 valence electrons. The molecule has 3 heteroatoms. The van der Waals surface area contributed by atoms with Crippen LogP contribution in [0.3, 0.4) is 0 Å². The first-order chi connectivity index (χ1) is 8.66. The molecule has 0 aliphatic rings. The highest BCUT2D eigenvalue weighted by Crippen LogP contribution is 2.27. The summed E-state index contributed by atoms with van der Waals surface area (Å²) >= 11 is 9.50. The van der Waals surface area contributed by atoms with E-state index in [9.17, 15) is 5.11 Å². The molecule has 0 fully saturated rings. The molecule has 0 saturated heterocycles. The Morgan fingerprint density at radius 2 is 1.67 bits per heavy atom. The van der Waals surface area contributed by atoms with Crippen molar-refractivity contribution in [3.05, 3.63) is 75.2 Å². The predicted octanol–water partition coefficient (Wildman–Crippen LogP) is 4.76. The predicted molar refractivity (Wildman–Crippen MR) is 79.4 cm³/mol. The molecule has 0 spiro atoms. The normalized spacial score (nSPS) is 13.4. The maximum Gasteiger partial charge on any atom is 0.115 e. The van der Waals surface area contributed by atoms with Crippen LogP contribution in [0.4, 0.5) is 0 Å². The number of rotatable bonds is 3. The molecule has 0 saturated carbocycles. The van der Waals surface area contributed by atoms with E-state index >= 15 is 0 Å². The first-order valence-corrected chi connectivity index (χ1v) is 6.69. The maximum atomic E-state index is 10.1. The Morgan fingerprint density at radius 3 is 2.28 bits per heavy atom. The Labute approximate surface area is 120 Å².